The number of ether oxygens (including phenoxy) is 1. The maximum atomic E-state index is 14.5. The second kappa shape index (κ2) is 16.5. The van der Waals surface area contributed by atoms with Gasteiger partial charge in [-0.3, -0.25) is 13.9 Å². The summed E-state index contributed by atoms with van der Waals surface area (Å²) in [6.45, 7) is 3.89. The Kier molecular flexibility index (Phi) is 12.5. The molecule has 1 unspecified atom stereocenters. The number of para-hydroxylation sites is 1. The first-order valence-corrected chi connectivity index (χ1v) is 17.2. The molecular formula is C35H37Cl2N3O5S. The lowest BCUT2D eigenvalue weighted by Gasteiger charge is -2.34. The number of hydrogen-bond donors (Lipinski definition) is 1. The monoisotopic (exact) mass is 681 g/mol. The van der Waals surface area contributed by atoms with E-state index in [0.717, 1.165) is 9.87 Å². The first-order chi connectivity index (χ1) is 22.1. The van der Waals surface area contributed by atoms with E-state index in [1.54, 1.807) is 60.7 Å². The fourth-order valence-corrected chi connectivity index (χ4v) is 6.83. The van der Waals surface area contributed by atoms with Crippen LogP contribution in [0.25, 0.3) is 0 Å². The van der Waals surface area contributed by atoms with E-state index in [-0.39, 0.29) is 29.5 Å². The van der Waals surface area contributed by atoms with Crippen LogP contribution in [0.15, 0.2) is 108 Å². The van der Waals surface area contributed by atoms with E-state index >= 15 is 0 Å². The zero-order chi connectivity index (χ0) is 33.1. The summed E-state index contributed by atoms with van der Waals surface area (Å²) in [5.74, 6) is -0.460. The minimum absolute atomic E-state index is 0.0187. The van der Waals surface area contributed by atoms with Gasteiger partial charge < -0.3 is 15.0 Å². The number of halogens is 2. The van der Waals surface area contributed by atoms with Gasteiger partial charge in [0.25, 0.3) is 10.0 Å². The summed E-state index contributed by atoms with van der Waals surface area (Å²) < 4.78 is 34.8. The molecule has 0 spiro atoms. The van der Waals surface area contributed by atoms with Crippen molar-refractivity contribution in [1.82, 2.24) is 10.2 Å². The van der Waals surface area contributed by atoms with E-state index in [1.807, 2.05) is 44.2 Å². The molecule has 11 heteroatoms. The van der Waals surface area contributed by atoms with Crippen LogP contribution < -0.4 is 14.4 Å². The molecule has 4 rings (SSSR count). The van der Waals surface area contributed by atoms with E-state index in [9.17, 15) is 18.0 Å². The van der Waals surface area contributed by atoms with Crippen molar-refractivity contribution in [1.29, 1.82) is 0 Å². The van der Waals surface area contributed by atoms with Gasteiger partial charge in [-0.25, -0.2) is 8.42 Å². The zero-order valence-electron chi connectivity index (χ0n) is 25.7. The highest BCUT2D eigenvalue weighted by atomic mass is 35.5. The summed E-state index contributed by atoms with van der Waals surface area (Å²) >= 11 is 13.1. The fraction of sp³-hybridized carbons (Fsp3) is 0.257. The highest BCUT2D eigenvalue weighted by Crippen LogP contribution is 2.29. The Labute approximate surface area is 280 Å². The van der Waals surface area contributed by atoms with Crippen molar-refractivity contribution in [2.45, 2.75) is 44.2 Å². The van der Waals surface area contributed by atoms with Crippen molar-refractivity contribution in [2.24, 2.45) is 0 Å². The van der Waals surface area contributed by atoms with E-state index in [2.05, 4.69) is 5.32 Å². The predicted octanol–water partition coefficient (Wildman–Crippen LogP) is 6.75. The number of carbonyl (C=O) groups is 2. The molecule has 0 aliphatic rings. The van der Waals surface area contributed by atoms with Crippen LogP contribution in [0.1, 0.15) is 31.4 Å². The molecule has 0 aromatic heterocycles. The molecule has 242 valence electrons. The third-order valence-electron chi connectivity index (χ3n) is 7.26. The molecular weight excluding hydrogens is 645 g/mol. The van der Waals surface area contributed by atoms with Gasteiger partial charge in [0.2, 0.25) is 11.8 Å². The van der Waals surface area contributed by atoms with E-state index in [1.165, 1.54) is 17.0 Å². The molecule has 4 aromatic carbocycles. The Balaban J connectivity index is 1.80. The molecule has 0 saturated heterocycles. The Morgan fingerprint density at radius 3 is 2.02 bits per heavy atom. The van der Waals surface area contributed by atoms with Crippen LogP contribution in [0.3, 0.4) is 0 Å². The Morgan fingerprint density at radius 2 is 1.43 bits per heavy atom. The van der Waals surface area contributed by atoms with Crippen molar-refractivity contribution in [3.05, 3.63) is 124 Å². The van der Waals surface area contributed by atoms with Crippen LogP contribution in [0.2, 0.25) is 10.0 Å². The van der Waals surface area contributed by atoms with Gasteiger partial charge in [0, 0.05) is 35.1 Å². The standard InChI is InChI=1S/C35H37Cl2N3O5S/c1-3-22-38-35(42)33(23-26-12-7-5-8-13-26)39(24-30-31(36)16-11-17-32(30)37)34(41)25-40(27-14-9-6-10-15-27)46(43,44)29-20-18-28(19-21-29)45-4-2/h5-21,33H,3-4,22-25H2,1-2H3,(H,38,42). The maximum absolute atomic E-state index is 14.5. The first kappa shape index (κ1) is 34.8. The summed E-state index contributed by atoms with van der Waals surface area (Å²) in [6, 6.07) is 27.7. The van der Waals surface area contributed by atoms with E-state index < -0.39 is 28.5 Å². The minimum Gasteiger partial charge on any atom is -0.494 e. The number of nitrogens with zero attached hydrogens (tertiary/aromatic N) is 2. The largest absolute Gasteiger partial charge is 0.494 e. The van der Waals surface area contributed by atoms with Crippen LogP contribution in [0.5, 0.6) is 5.75 Å². The van der Waals surface area contributed by atoms with Crippen molar-refractivity contribution in [3.8, 4) is 5.75 Å². The summed E-state index contributed by atoms with van der Waals surface area (Å²) in [4.78, 5) is 29.6. The van der Waals surface area contributed by atoms with Crippen LogP contribution >= 0.6 is 23.2 Å². The van der Waals surface area contributed by atoms with Gasteiger partial charge in [-0.1, -0.05) is 84.7 Å². The zero-order valence-corrected chi connectivity index (χ0v) is 28.1. The molecule has 0 fully saturated rings. The molecule has 0 saturated carbocycles. The molecule has 1 atom stereocenters. The number of hydrogen-bond acceptors (Lipinski definition) is 5. The minimum atomic E-state index is -4.25. The topological polar surface area (TPSA) is 96.0 Å². The fourth-order valence-electron chi connectivity index (χ4n) is 4.90. The predicted molar refractivity (Wildman–Crippen MR) is 183 cm³/mol. The lowest BCUT2D eigenvalue weighted by Crippen LogP contribution is -2.53. The third kappa shape index (κ3) is 8.81. The lowest BCUT2D eigenvalue weighted by molar-refractivity contribution is -0.140. The molecule has 4 aromatic rings. The van der Waals surface area contributed by atoms with Crippen molar-refractivity contribution in [3.63, 3.8) is 0 Å². The van der Waals surface area contributed by atoms with Gasteiger partial charge in [0.15, 0.2) is 0 Å². The summed E-state index contributed by atoms with van der Waals surface area (Å²) in [6.07, 6.45) is 0.872. The van der Waals surface area contributed by atoms with E-state index in [0.29, 0.717) is 40.9 Å². The third-order valence-corrected chi connectivity index (χ3v) is 9.75. The van der Waals surface area contributed by atoms with Gasteiger partial charge in [-0.05, 0) is 67.4 Å². The average Bonchev–Trinajstić information content (AvgIpc) is 3.06. The summed E-state index contributed by atoms with van der Waals surface area (Å²) in [7, 11) is -4.25. The molecule has 0 bridgehead atoms. The van der Waals surface area contributed by atoms with Crippen molar-refractivity contribution < 1.29 is 22.7 Å². The smallest absolute Gasteiger partial charge is 0.264 e. The number of amides is 2. The molecule has 46 heavy (non-hydrogen) atoms. The number of rotatable bonds is 15. The summed E-state index contributed by atoms with van der Waals surface area (Å²) in [5, 5.41) is 3.56. The SMILES string of the molecule is CCCNC(=O)C(Cc1ccccc1)N(Cc1c(Cl)cccc1Cl)C(=O)CN(c1ccccc1)S(=O)(=O)c1ccc(OCC)cc1. The van der Waals surface area contributed by atoms with Crippen LogP contribution in [-0.2, 0) is 32.6 Å². The molecule has 0 aliphatic heterocycles. The molecule has 8 nitrogen and oxygen atoms in total. The van der Waals surface area contributed by atoms with Crippen LogP contribution in [0.4, 0.5) is 5.69 Å². The maximum Gasteiger partial charge on any atom is 0.264 e. The molecule has 0 heterocycles. The van der Waals surface area contributed by atoms with Crippen molar-refractivity contribution >= 4 is 50.7 Å². The van der Waals surface area contributed by atoms with Gasteiger partial charge in [-0.15, -0.1) is 0 Å². The van der Waals surface area contributed by atoms with Gasteiger partial charge >= 0.3 is 0 Å². The molecule has 1 N–H and O–H groups in total. The molecule has 2 amide bonds. The second-order valence-corrected chi connectivity index (χ2v) is 13.1. The van der Waals surface area contributed by atoms with Gasteiger partial charge in [-0.2, -0.15) is 0 Å². The first-order valence-electron chi connectivity index (χ1n) is 15.0. The number of nitrogens with one attached hydrogen (secondary N) is 1. The molecule has 0 radical (unpaired) electrons. The number of carbonyl (C=O) groups excluding carboxylic acids is 2. The van der Waals surface area contributed by atoms with Crippen LogP contribution in [0, 0.1) is 0 Å². The van der Waals surface area contributed by atoms with Gasteiger partial charge in [0.05, 0.1) is 17.2 Å². The number of anilines is 1. The normalized spacial score (nSPS) is 11.8. The lowest BCUT2D eigenvalue weighted by atomic mass is 10.0. The quantitative estimate of drug-likeness (QED) is 0.150. The van der Waals surface area contributed by atoms with Crippen molar-refractivity contribution in [2.75, 3.05) is 24.0 Å². The number of benzene rings is 4. The molecule has 0 aliphatic carbocycles. The van der Waals surface area contributed by atoms with E-state index in [4.69, 9.17) is 27.9 Å². The number of sulfonamides is 1. The average molecular weight is 683 g/mol. The Hall–Kier alpha value is -4.05. The second-order valence-electron chi connectivity index (χ2n) is 10.5. The van der Waals surface area contributed by atoms with Gasteiger partial charge in [0.1, 0.15) is 18.3 Å². The van der Waals surface area contributed by atoms with Crippen LogP contribution in [-0.4, -0.2) is 50.9 Å². The Bertz CT molecular complexity index is 1690. The highest BCUT2D eigenvalue weighted by molar-refractivity contribution is 7.92. The summed E-state index contributed by atoms with van der Waals surface area (Å²) in [5.41, 5.74) is 1.56. The Morgan fingerprint density at radius 1 is 0.826 bits per heavy atom. The highest BCUT2D eigenvalue weighted by Gasteiger charge is 2.35.